The number of aliphatic hydroxyl groups is 1. The van der Waals surface area contributed by atoms with Crippen LogP contribution in [0.15, 0.2) is 24.3 Å². The molecule has 3 N–H and O–H groups in total. The van der Waals surface area contributed by atoms with Gasteiger partial charge in [-0.15, -0.1) is 0 Å². The second-order valence-corrected chi connectivity index (χ2v) is 5.39. The lowest BCUT2D eigenvalue weighted by Crippen LogP contribution is -2.26. The molecule has 20 heavy (non-hydrogen) atoms. The van der Waals surface area contributed by atoms with Crippen LogP contribution in [0.1, 0.15) is 43.4 Å². The standard InChI is InChI=1S/C16H25NO3/c1-12-6-8-14(9-7-12)16(20)13(2)11-17-10-4-3-5-15(18)19/h6-9,13,16-17,20H,3-5,10-11H2,1-2H3,(H,18,19). The minimum Gasteiger partial charge on any atom is -0.481 e. The van der Waals surface area contributed by atoms with Crippen molar-refractivity contribution in [1.82, 2.24) is 5.32 Å². The molecule has 1 rings (SSSR count). The molecule has 0 aromatic heterocycles. The van der Waals surface area contributed by atoms with Gasteiger partial charge in [0.05, 0.1) is 6.10 Å². The molecule has 0 spiro atoms. The molecule has 0 amide bonds. The molecule has 2 atom stereocenters. The molecule has 0 aliphatic rings. The van der Waals surface area contributed by atoms with Gasteiger partial charge in [-0.3, -0.25) is 4.79 Å². The van der Waals surface area contributed by atoms with E-state index < -0.39 is 12.1 Å². The van der Waals surface area contributed by atoms with E-state index in [0.717, 1.165) is 25.1 Å². The predicted octanol–water partition coefficient (Wildman–Crippen LogP) is 2.51. The van der Waals surface area contributed by atoms with E-state index in [2.05, 4.69) is 5.32 Å². The number of aliphatic hydroxyl groups excluding tert-OH is 1. The van der Waals surface area contributed by atoms with Gasteiger partial charge in [0.25, 0.3) is 0 Å². The van der Waals surface area contributed by atoms with Gasteiger partial charge in [-0.05, 0) is 37.8 Å². The topological polar surface area (TPSA) is 69.6 Å². The van der Waals surface area contributed by atoms with Crippen molar-refractivity contribution in [2.24, 2.45) is 5.92 Å². The van der Waals surface area contributed by atoms with E-state index in [-0.39, 0.29) is 12.3 Å². The molecule has 4 nitrogen and oxygen atoms in total. The van der Waals surface area contributed by atoms with Crippen molar-refractivity contribution in [1.29, 1.82) is 0 Å². The van der Waals surface area contributed by atoms with Crippen LogP contribution in [0.2, 0.25) is 0 Å². The second kappa shape index (κ2) is 8.72. The highest BCUT2D eigenvalue weighted by Gasteiger charge is 2.15. The van der Waals surface area contributed by atoms with Crippen LogP contribution < -0.4 is 5.32 Å². The first-order valence-corrected chi connectivity index (χ1v) is 7.18. The summed E-state index contributed by atoms with van der Waals surface area (Å²) in [6.45, 7) is 5.55. The molecule has 2 unspecified atom stereocenters. The smallest absolute Gasteiger partial charge is 0.303 e. The molecule has 0 aliphatic heterocycles. The Hall–Kier alpha value is -1.39. The molecule has 0 radical (unpaired) electrons. The number of aliphatic carboxylic acids is 1. The molecule has 0 heterocycles. The molecule has 112 valence electrons. The van der Waals surface area contributed by atoms with Crippen LogP contribution in [0.4, 0.5) is 0 Å². The number of carboxylic acids is 1. The predicted molar refractivity (Wildman–Crippen MR) is 79.7 cm³/mol. The van der Waals surface area contributed by atoms with E-state index in [1.165, 1.54) is 5.56 Å². The molecule has 4 heteroatoms. The first kappa shape index (κ1) is 16.7. The molecule has 0 bridgehead atoms. The average Bonchev–Trinajstić information content (AvgIpc) is 2.42. The largest absolute Gasteiger partial charge is 0.481 e. The third kappa shape index (κ3) is 6.17. The fraction of sp³-hybridized carbons (Fsp3) is 0.562. The van der Waals surface area contributed by atoms with E-state index in [0.29, 0.717) is 6.42 Å². The molecule has 1 aromatic rings. The average molecular weight is 279 g/mol. The second-order valence-electron chi connectivity index (χ2n) is 5.39. The van der Waals surface area contributed by atoms with Crippen molar-refractivity contribution in [2.75, 3.05) is 13.1 Å². The van der Waals surface area contributed by atoms with Crippen LogP contribution in [0.5, 0.6) is 0 Å². The van der Waals surface area contributed by atoms with Crippen molar-refractivity contribution in [3.8, 4) is 0 Å². The first-order chi connectivity index (χ1) is 9.50. The number of hydrogen-bond acceptors (Lipinski definition) is 3. The normalized spacial score (nSPS) is 13.9. The van der Waals surface area contributed by atoms with Crippen molar-refractivity contribution in [3.05, 3.63) is 35.4 Å². The Kier molecular flexibility index (Phi) is 7.26. The van der Waals surface area contributed by atoms with Crippen LogP contribution >= 0.6 is 0 Å². The Morgan fingerprint density at radius 3 is 2.50 bits per heavy atom. The van der Waals surface area contributed by atoms with Crippen molar-refractivity contribution in [3.63, 3.8) is 0 Å². The maximum Gasteiger partial charge on any atom is 0.303 e. The van der Waals surface area contributed by atoms with E-state index in [1.807, 2.05) is 38.1 Å². The summed E-state index contributed by atoms with van der Waals surface area (Å²) >= 11 is 0. The Balaban J connectivity index is 2.23. The first-order valence-electron chi connectivity index (χ1n) is 7.18. The van der Waals surface area contributed by atoms with Gasteiger partial charge in [0, 0.05) is 13.0 Å². The number of benzene rings is 1. The van der Waals surface area contributed by atoms with Crippen molar-refractivity contribution >= 4 is 5.97 Å². The minimum atomic E-state index is -0.742. The van der Waals surface area contributed by atoms with Crippen molar-refractivity contribution in [2.45, 2.75) is 39.2 Å². The van der Waals surface area contributed by atoms with Gasteiger partial charge in [-0.2, -0.15) is 0 Å². The van der Waals surface area contributed by atoms with Gasteiger partial charge in [0.1, 0.15) is 0 Å². The van der Waals surface area contributed by atoms with Gasteiger partial charge < -0.3 is 15.5 Å². The van der Waals surface area contributed by atoms with Crippen molar-refractivity contribution < 1.29 is 15.0 Å². The zero-order valence-electron chi connectivity index (χ0n) is 12.3. The summed E-state index contributed by atoms with van der Waals surface area (Å²) in [4.78, 5) is 10.4. The highest BCUT2D eigenvalue weighted by Crippen LogP contribution is 2.21. The highest BCUT2D eigenvalue weighted by molar-refractivity contribution is 5.66. The zero-order chi connectivity index (χ0) is 15.0. The SMILES string of the molecule is Cc1ccc(C(O)C(C)CNCCCCC(=O)O)cc1. The maximum atomic E-state index is 10.4. The van der Waals surface area contributed by atoms with E-state index in [9.17, 15) is 9.90 Å². The summed E-state index contributed by atoms with van der Waals surface area (Å²) in [5.41, 5.74) is 2.13. The fourth-order valence-corrected chi connectivity index (χ4v) is 2.06. The maximum absolute atomic E-state index is 10.4. The Morgan fingerprint density at radius 1 is 1.25 bits per heavy atom. The monoisotopic (exact) mass is 279 g/mol. The Labute approximate surface area is 120 Å². The van der Waals surface area contributed by atoms with Gasteiger partial charge in [-0.25, -0.2) is 0 Å². The van der Waals surface area contributed by atoms with E-state index in [1.54, 1.807) is 0 Å². The highest BCUT2D eigenvalue weighted by atomic mass is 16.4. The number of aryl methyl sites for hydroxylation is 1. The lowest BCUT2D eigenvalue weighted by Gasteiger charge is -2.20. The quantitative estimate of drug-likeness (QED) is 0.607. The third-order valence-electron chi connectivity index (χ3n) is 3.42. The summed E-state index contributed by atoms with van der Waals surface area (Å²) in [6, 6.07) is 7.93. The van der Waals surface area contributed by atoms with E-state index in [4.69, 9.17) is 5.11 Å². The number of hydrogen-bond donors (Lipinski definition) is 3. The van der Waals surface area contributed by atoms with Crippen LogP contribution in [0.3, 0.4) is 0 Å². The summed E-state index contributed by atoms with van der Waals surface area (Å²) in [5.74, 6) is -0.620. The molecule has 0 saturated carbocycles. The van der Waals surface area contributed by atoms with E-state index >= 15 is 0 Å². The lowest BCUT2D eigenvalue weighted by molar-refractivity contribution is -0.137. The van der Waals surface area contributed by atoms with Crippen LogP contribution in [-0.4, -0.2) is 29.3 Å². The number of carboxylic acid groups (broad SMARTS) is 1. The molecule has 0 aliphatic carbocycles. The van der Waals surface area contributed by atoms with Crippen LogP contribution in [-0.2, 0) is 4.79 Å². The molecule has 1 aromatic carbocycles. The molecular weight excluding hydrogens is 254 g/mol. The van der Waals surface area contributed by atoms with Gasteiger partial charge in [-0.1, -0.05) is 36.8 Å². The number of rotatable bonds is 9. The summed E-state index contributed by atoms with van der Waals surface area (Å²) in [6.07, 6.45) is 1.29. The molecule has 0 fully saturated rings. The number of carbonyl (C=O) groups is 1. The molecular formula is C16H25NO3. The zero-order valence-corrected chi connectivity index (χ0v) is 12.3. The lowest BCUT2D eigenvalue weighted by atomic mass is 9.96. The molecule has 0 saturated heterocycles. The fourth-order valence-electron chi connectivity index (χ4n) is 2.06. The van der Waals surface area contributed by atoms with Gasteiger partial charge in [0.2, 0.25) is 0 Å². The van der Waals surface area contributed by atoms with Crippen LogP contribution in [0.25, 0.3) is 0 Å². The van der Waals surface area contributed by atoms with Crippen LogP contribution in [0, 0.1) is 12.8 Å². The minimum absolute atomic E-state index is 0.122. The Bertz CT molecular complexity index is 403. The van der Waals surface area contributed by atoms with Gasteiger partial charge in [0.15, 0.2) is 0 Å². The third-order valence-corrected chi connectivity index (χ3v) is 3.42. The number of nitrogens with one attached hydrogen (secondary N) is 1. The summed E-state index contributed by atoms with van der Waals surface area (Å²) in [5, 5.41) is 22.0. The van der Waals surface area contributed by atoms with Gasteiger partial charge >= 0.3 is 5.97 Å². The Morgan fingerprint density at radius 2 is 1.90 bits per heavy atom. The number of unbranched alkanes of at least 4 members (excludes halogenated alkanes) is 1. The summed E-state index contributed by atoms with van der Waals surface area (Å²) in [7, 11) is 0. The summed E-state index contributed by atoms with van der Waals surface area (Å²) < 4.78 is 0.